The molecule has 1 fully saturated rings. The zero-order valence-electron chi connectivity index (χ0n) is 12.5. The van der Waals surface area contributed by atoms with Crippen molar-refractivity contribution in [2.45, 2.75) is 18.5 Å². The van der Waals surface area contributed by atoms with Gasteiger partial charge in [-0.15, -0.1) is 4.91 Å². The third-order valence-corrected chi connectivity index (χ3v) is 3.53. The maximum absolute atomic E-state index is 13.2. The predicted octanol–water partition coefficient (Wildman–Crippen LogP) is -0.447. The number of nitrogens with zero attached hydrogens (tertiary/aromatic N) is 2. The maximum atomic E-state index is 13.2. The Bertz CT molecular complexity index is 552. The van der Waals surface area contributed by atoms with Gasteiger partial charge in [0, 0.05) is 25.4 Å². The molecule has 5 N–H and O–H groups in total. The molecular weight excluding hydrogens is 307 g/mol. The fourth-order valence-corrected chi connectivity index (χ4v) is 2.35. The summed E-state index contributed by atoms with van der Waals surface area (Å²) in [7, 11) is 1.45. The number of nitrogens with two attached hydrogens (primary N) is 1. The summed E-state index contributed by atoms with van der Waals surface area (Å²) in [4.78, 5) is 27.2. The van der Waals surface area contributed by atoms with Crippen molar-refractivity contribution in [1.29, 1.82) is 0 Å². The van der Waals surface area contributed by atoms with Crippen LogP contribution in [0.15, 0.2) is 23.6 Å². The molecule has 126 valence electrons. The van der Waals surface area contributed by atoms with E-state index in [9.17, 15) is 14.1 Å². The molecule has 2 atom stereocenters. The normalized spacial score (nSPS) is 23.6. The van der Waals surface area contributed by atoms with Crippen LogP contribution in [0.2, 0.25) is 0 Å². The third kappa shape index (κ3) is 4.18. The lowest BCUT2D eigenvalue weighted by Gasteiger charge is -2.33. The van der Waals surface area contributed by atoms with Gasteiger partial charge in [-0.3, -0.25) is 20.4 Å². The number of aromatic nitrogens is 1. The molecule has 0 bridgehead atoms. The molecule has 1 aliphatic heterocycles. The number of pyridine rings is 1. The van der Waals surface area contributed by atoms with Crippen LogP contribution in [-0.2, 0) is 4.79 Å². The smallest absolute Gasteiger partial charge is 0.234 e. The highest BCUT2D eigenvalue weighted by atomic mass is 19.1. The third-order valence-electron chi connectivity index (χ3n) is 3.53. The molecule has 2 unspecified atom stereocenters. The SMILES string of the molecule is COc1ccncc1NC(=O)C(C(N)N=O)C1NCC(F)CN1. The molecule has 9 nitrogen and oxygen atoms in total. The van der Waals surface area contributed by atoms with Crippen molar-refractivity contribution in [3.05, 3.63) is 23.4 Å². The predicted molar refractivity (Wildman–Crippen MR) is 81.4 cm³/mol. The number of anilines is 1. The van der Waals surface area contributed by atoms with Crippen LogP contribution in [0.5, 0.6) is 5.75 Å². The molecule has 1 aromatic rings. The minimum absolute atomic E-state index is 0.0588. The van der Waals surface area contributed by atoms with Gasteiger partial charge in [0.05, 0.1) is 19.5 Å². The number of ether oxygens (including phenoxy) is 1. The molecule has 2 rings (SSSR count). The van der Waals surface area contributed by atoms with Crippen LogP contribution < -0.4 is 26.4 Å². The van der Waals surface area contributed by atoms with Gasteiger partial charge in [0.2, 0.25) is 5.91 Å². The summed E-state index contributed by atoms with van der Waals surface area (Å²) < 4.78 is 18.3. The van der Waals surface area contributed by atoms with Gasteiger partial charge >= 0.3 is 0 Å². The van der Waals surface area contributed by atoms with Gasteiger partial charge in [-0.2, -0.15) is 0 Å². The standard InChI is InChI=1S/C13H19FN6O3/c1-23-9-2-3-16-6-8(9)19-13(21)10(11(15)20-22)12-17-4-7(14)5-18-12/h2-3,6-7,10-12,17-18H,4-5,15H2,1H3,(H,19,21). The van der Waals surface area contributed by atoms with E-state index < -0.39 is 30.3 Å². The Labute approximate surface area is 132 Å². The number of amides is 1. The first kappa shape index (κ1) is 17.2. The highest BCUT2D eigenvalue weighted by molar-refractivity contribution is 5.94. The monoisotopic (exact) mass is 326 g/mol. The lowest BCUT2D eigenvalue weighted by Crippen LogP contribution is -2.62. The fourth-order valence-electron chi connectivity index (χ4n) is 2.35. The second-order valence-electron chi connectivity index (χ2n) is 5.08. The Morgan fingerprint density at radius 1 is 1.57 bits per heavy atom. The summed E-state index contributed by atoms with van der Waals surface area (Å²) >= 11 is 0. The van der Waals surface area contributed by atoms with E-state index in [4.69, 9.17) is 10.5 Å². The molecule has 0 saturated carbocycles. The van der Waals surface area contributed by atoms with E-state index in [1.54, 1.807) is 6.07 Å². The van der Waals surface area contributed by atoms with E-state index >= 15 is 0 Å². The van der Waals surface area contributed by atoms with Gasteiger partial charge < -0.3 is 15.8 Å². The summed E-state index contributed by atoms with van der Waals surface area (Å²) in [5.41, 5.74) is 5.98. The summed E-state index contributed by atoms with van der Waals surface area (Å²) in [5.74, 6) is -1.16. The number of carbonyl (C=O) groups excluding carboxylic acids is 1. The number of nitrogens with one attached hydrogen (secondary N) is 3. The highest BCUT2D eigenvalue weighted by Crippen LogP contribution is 2.23. The molecule has 1 amide bonds. The highest BCUT2D eigenvalue weighted by Gasteiger charge is 2.37. The van der Waals surface area contributed by atoms with Crippen molar-refractivity contribution in [2.75, 3.05) is 25.5 Å². The van der Waals surface area contributed by atoms with Crippen LogP contribution in [-0.4, -0.2) is 49.6 Å². The summed E-state index contributed by atoms with van der Waals surface area (Å²) in [6.07, 6.45) is -0.117. The van der Waals surface area contributed by atoms with Gasteiger partial charge in [-0.1, -0.05) is 5.18 Å². The van der Waals surface area contributed by atoms with Crippen molar-refractivity contribution < 1.29 is 13.9 Å². The van der Waals surface area contributed by atoms with Crippen LogP contribution in [0.25, 0.3) is 0 Å². The average Bonchev–Trinajstić information content (AvgIpc) is 2.57. The molecule has 0 spiro atoms. The Balaban J connectivity index is 2.15. The number of halogens is 1. The molecular formula is C13H19FN6O3. The van der Waals surface area contributed by atoms with E-state index in [1.165, 1.54) is 19.5 Å². The number of methoxy groups -OCH3 is 1. The Hall–Kier alpha value is -2.17. The lowest BCUT2D eigenvalue weighted by molar-refractivity contribution is -0.122. The maximum Gasteiger partial charge on any atom is 0.234 e. The van der Waals surface area contributed by atoms with E-state index in [0.29, 0.717) is 11.4 Å². The number of carbonyl (C=O) groups is 1. The van der Waals surface area contributed by atoms with Crippen LogP contribution in [0.4, 0.5) is 10.1 Å². The zero-order valence-corrected chi connectivity index (χ0v) is 12.5. The van der Waals surface area contributed by atoms with E-state index in [1.807, 2.05) is 0 Å². The van der Waals surface area contributed by atoms with Gasteiger partial charge in [0.25, 0.3) is 0 Å². The van der Waals surface area contributed by atoms with Crippen LogP contribution in [0.3, 0.4) is 0 Å². The van der Waals surface area contributed by atoms with Gasteiger partial charge in [0.1, 0.15) is 23.5 Å². The van der Waals surface area contributed by atoms with E-state index in [0.717, 1.165) is 0 Å². The van der Waals surface area contributed by atoms with Crippen LogP contribution >= 0.6 is 0 Å². The Morgan fingerprint density at radius 2 is 2.26 bits per heavy atom. The molecule has 1 saturated heterocycles. The first-order valence-corrected chi connectivity index (χ1v) is 7.04. The van der Waals surface area contributed by atoms with Crippen molar-refractivity contribution in [1.82, 2.24) is 15.6 Å². The Kier molecular flexibility index (Phi) is 5.90. The van der Waals surface area contributed by atoms with Crippen molar-refractivity contribution in [2.24, 2.45) is 16.8 Å². The van der Waals surface area contributed by atoms with Gasteiger partial charge in [0.15, 0.2) is 6.17 Å². The van der Waals surface area contributed by atoms with Crippen LogP contribution in [0, 0.1) is 10.8 Å². The van der Waals surface area contributed by atoms with Crippen molar-refractivity contribution >= 4 is 11.6 Å². The van der Waals surface area contributed by atoms with E-state index in [2.05, 4.69) is 26.1 Å². The van der Waals surface area contributed by atoms with E-state index in [-0.39, 0.29) is 13.1 Å². The summed E-state index contributed by atoms with van der Waals surface area (Å²) in [6, 6.07) is 1.58. The summed E-state index contributed by atoms with van der Waals surface area (Å²) in [6.45, 7) is 0.118. The van der Waals surface area contributed by atoms with Gasteiger partial charge in [-0.05, 0) is 0 Å². The minimum atomic E-state index is -1.29. The molecule has 10 heteroatoms. The molecule has 23 heavy (non-hydrogen) atoms. The number of hydrogen-bond donors (Lipinski definition) is 4. The van der Waals surface area contributed by atoms with Crippen LogP contribution in [0.1, 0.15) is 0 Å². The molecule has 1 aliphatic rings. The van der Waals surface area contributed by atoms with Crippen molar-refractivity contribution in [3.63, 3.8) is 0 Å². The largest absolute Gasteiger partial charge is 0.494 e. The van der Waals surface area contributed by atoms with Gasteiger partial charge in [-0.25, -0.2) is 4.39 Å². The first-order chi connectivity index (χ1) is 11.1. The topological polar surface area (TPSA) is 131 Å². The number of hydrogen-bond acceptors (Lipinski definition) is 8. The Morgan fingerprint density at radius 3 is 2.87 bits per heavy atom. The molecule has 0 aliphatic carbocycles. The number of alkyl halides is 1. The number of rotatable bonds is 6. The first-order valence-electron chi connectivity index (χ1n) is 7.04. The quantitative estimate of drug-likeness (QED) is 0.521. The molecule has 1 aromatic heterocycles. The molecule has 0 radical (unpaired) electrons. The number of nitroso groups, excluding NO2 is 1. The molecule has 2 heterocycles. The zero-order chi connectivity index (χ0) is 16.8. The second-order valence-corrected chi connectivity index (χ2v) is 5.08. The second kappa shape index (κ2) is 7.90. The fraction of sp³-hybridized carbons (Fsp3) is 0.538. The molecule has 0 aromatic carbocycles. The summed E-state index contributed by atoms with van der Waals surface area (Å²) in [5, 5.41) is 11.0. The minimum Gasteiger partial charge on any atom is -0.494 e. The lowest BCUT2D eigenvalue weighted by atomic mass is 9.99. The van der Waals surface area contributed by atoms with Crippen molar-refractivity contribution in [3.8, 4) is 5.75 Å². The average molecular weight is 326 g/mol.